The first-order valence-corrected chi connectivity index (χ1v) is 7.28. The summed E-state index contributed by atoms with van der Waals surface area (Å²) in [5.41, 5.74) is 0.952. The van der Waals surface area contributed by atoms with Gasteiger partial charge in [0.05, 0.1) is 16.4 Å². The third-order valence-electron chi connectivity index (χ3n) is 2.80. The maximum absolute atomic E-state index is 12.0. The monoisotopic (exact) mass is 319 g/mol. The van der Waals surface area contributed by atoms with Gasteiger partial charge in [0.15, 0.2) is 4.80 Å². The Morgan fingerprint density at radius 1 is 1.52 bits per heavy atom. The van der Waals surface area contributed by atoms with Crippen LogP contribution < -0.4 is 4.80 Å². The molecule has 1 amide bonds. The minimum absolute atomic E-state index is 0.107. The van der Waals surface area contributed by atoms with Gasteiger partial charge in [-0.25, -0.2) is 0 Å². The van der Waals surface area contributed by atoms with Crippen molar-refractivity contribution in [3.8, 4) is 0 Å². The zero-order valence-corrected chi connectivity index (χ0v) is 12.4. The second kappa shape index (κ2) is 5.67. The molecule has 0 radical (unpaired) electrons. The van der Waals surface area contributed by atoms with Crippen LogP contribution in [-0.4, -0.2) is 15.6 Å². The van der Waals surface area contributed by atoms with Crippen LogP contribution in [0.4, 0.5) is 0 Å². The molecule has 0 aliphatic heterocycles. The number of hydrogen-bond donors (Lipinski definition) is 0. The van der Waals surface area contributed by atoms with Gasteiger partial charge in [-0.2, -0.15) is 4.99 Å². The van der Waals surface area contributed by atoms with E-state index >= 15 is 0 Å². The van der Waals surface area contributed by atoms with E-state index in [2.05, 4.69) is 16.7 Å². The maximum Gasteiger partial charge on any atom is 0.318 e. The standard InChI is InChI=1S/C14H10ClN3O2S/c1-2-7-18-10-4-3-9(15)8-12(10)21-14(18)17-13(19)11-5-6-16-20-11/h2-6,8H,1,7H2. The minimum Gasteiger partial charge on any atom is -0.351 e. The maximum atomic E-state index is 12.0. The van der Waals surface area contributed by atoms with Gasteiger partial charge in [0, 0.05) is 17.6 Å². The van der Waals surface area contributed by atoms with Gasteiger partial charge in [-0.1, -0.05) is 34.2 Å². The van der Waals surface area contributed by atoms with Crippen LogP contribution in [0.15, 0.2) is 52.6 Å². The highest BCUT2D eigenvalue weighted by Gasteiger charge is 2.11. The van der Waals surface area contributed by atoms with Crippen molar-refractivity contribution < 1.29 is 9.32 Å². The van der Waals surface area contributed by atoms with E-state index in [-0.39, 0.29) is 5.76 Å². The first kappa shape index (κ1) is 13.8. The molecule has 2 aromatic heterocycles. The normalized spacial score (nSPS) is 12.0. The zero-order valence-electron chi connectivity index (χ0n) is 10.8. The highest BCUT2D eigenvalue weighted by molar-refractivity contribution is 7.16. The molecule has 106 valence electrons. The Hall–Kier alpha value is -2.18. The smallest absolute Gasteiger partial charge is 0.318 e. The molecule has 0 aliphatic carbocycles. The van der Waals surface area contributed by atoms with Gasteiger partial charge in [-0.15, -0.1) is 6.58 Å². The zero-order chi connectivity index (χ0) is 14.8. The Morgan fingerprint density at radius 3 is 3.10 bits per heavy atom. The van der Waals surface area contributed by atoms with Crippen molar-refractivity contribution >= 4 is 39.1 Å². The van der Waals surface area contributed by atoms with Crippen molar-refractivity contribution in [1.29, 1.82) is 0 Å². The molecule has 0 saturated heterocycles. The molecular formula is C14H10ClN3O2S. The fourth-order valence-corrected chi connectivity index (χ4v) is 3.22. The van der Waals surface area contributed by atoms with Crippen molar-refractivity contribution in [2.75, 3.05) is 0 Å². The number of aromatic nitrogens is 2. The lowest BCUT2D eigenvalue weighted by Gasteiger charge is -2.00. The molecule has 0 aliphatic rings. The number of allylic oxidation sites excluding steroid dienone is 1. The van der Waals surface area contributed by atoms with Crippen molar-refractivity contribution in [2.24, 2.45) is 4.99 Å². The van der Waals surface area contributed by atoms with Gasteiger partial charge in [-0.3, -0.25) is 4.79 Å². The van der Waals surface area contributed by atoms with E-state index in [0.717, 1.165) is 10.2 Å². The summed E-state index contributed by atoms with van der Waals surface area (Å²) in [6, 6.07) is 7.03. The molecule has 21 heavy (non-hydrogen) atoms. The number of carbonyl (C=O) groups is 1. The highest BCUT2D eigenvalue weighted by Crippen LogP contribution is 2.22. The number of halogens is 1. The van der Waals surface area contributed by atoms with Crippen molar-refractivity contribution in [3.63, 3.8) is 0 Å². The number of amides is 1. The number of fused-ring (bicyclic) bond motifs is 1. The molecule has 0 spiro atoms. The van der Waals surface area contributed by atoms with Gasteiger partial charge < -0.3 is 9.09 Å². The third kappa shape index (κ3) is 2.68. The largest absolute Gasteiger partial charge is 0.351 e. The molecule has 0 atom stereocenters. The molecule has 5 nitrogen and oxygen atoms in total. The van der Waals surface area contributed by atoms with Crippen molar-refractivity contribution in [1.82, 2.24) is 9.72 Å². The van der Waals surface area contributed by atoms with Crippen LogP contribution in [0, 0.1) is 0 Å². The molecule has 7 heteroatoms. The van der Waals surface area contributed by atoms with Crippen LogP contribution in [0.25, 0.3) is 10.2 Å². The Kier molecular flexibility index (Phi) is 3.72. The van der Waals surface area contributed by atoms with Crippen LogP contribution in [-0.2, 0) is 6.54 Å². The predicted octanol–water partition coefficient (Wildman–Crippen LogP) is 3.27. The van der Waals surface area contributed by atoms with Crippen molar-refractivity contribution in [3.05, 3.63) is 58.7 Å². The Balaban J connectivity index is 2.19. The van der Waals surface area contributed by atoms with Crippen LogP contribution in [0.5, 0.6) is 0 Å². The molecule has 2 heterocycles. The number of thiazole rings is 1. The summed E-state index contributed by atoms with van der Waals surface area (Å²) in [5.74, 6) is -0.362. The summed E-state index contributed by atoms with van der Waals surface area (Å²) in [7, 11) is 0. The number of carbonyl (C=O) groups excluding carboxylic acids is 1. The molecule has 0 bridgehead atoms. The fourth-order valence-electron chi connectivity index (χ4n) is 1.91. The van der Waals surface area contributed by atoms with Gasteiger partial charge in [0.25, 0.3) is 0 Å². The van der Waals surface area contributed by atoms with Crippen molar-refractivity contribution in [2.45, 2.75) is 6.54 Å². The number of rotatable bonds is 3. The second-order valence-electron chi connectivity index (χ2n) is 4.19. The highest BCUT2D eigenvalue weighted by atomic mass is 35.5. The quantitative estimate of drug-likeness (QED) is 0.696. The van der Waals surface area contributed by atoms with Gasteiger partial charge >= 0.3 is 5.91 Å². The third-order valence-corrected chi connectivity index (χ3v) is 4.08. The predicted molar refractivity (Wildman–Crippen MR) is 81.4 cm³/mol. The summed E-state index contributed by atoms with van der Waals surface area (Å²) < 4.78 is 7.67. The second-order valence-corrected chi connectivity index (χ2v) is 5.64. The summed E-state index contributed by atoms with van der Waals surface area (Å²) >= 11 is 7.39. The van der Waals surface area contributed by atoms with E-state index < -0.39 is 5.91 Å². The van der Waals surface area contributed by atoms with Gasteiger partial charge in [0.1, 0.15) is 0 Å². The van der Waals surface area contributed by atoms with E-state index in [1.807, 2.05) is 16.7 Å². The van der Waals surface area contributed by atoms with Crippen LogP contribution in [0.1, 0.15) is 10.6 Å². The van der Waals surface area contributed by atoms with Crippen LogP contribution >= 0.6 is 22.9 Å². The first-order valence-electron chi connectivity index (χ1n) is 6.08. The lowest BCUT2D eigenvalue weighted by Crippen LogP contribution is -2.16. The van der Waals surface area contributed by atoms with Gasteiger partial charge in [0.2, 0.25) is 5.76 Å². The molecule has 0 N–H and O–H groups in total. The lowest BCUT2D eigenvalue weighted by molar-refractivity contribution is 0.0962. The molecular weight excluding hydrogens is 310 g/mol. The molecule has 0 unspecified atom stereocenters. The number of nitrogens with zero attached hydrogens (tertiary/aromatic N) is 3. The van der Waals surface area contributed by atoms with Gasteiger partial charge in [-0.05, 0) is 18.2 Å². The lowest BCUT2D eigenvalue weighted by atomic mass is 10.3. The molecule has 3 aromatic rings. The van der Waals surface area contributed by atoms with E-state index in [1.54, 1.807) is 12.1 Å². The summed E-state index contributed by atoms with van der Waals surface area (Å²) in [6.45, 7) is 4.28. The minimum atomic E-state index is -0.469. The SMILES string of the molecule is C=CCn1c(=NC(=O)c2ccno2)sc2cc(Cl)ccc21. The summed E-state index contributed by atoms with van der Waals surface area (Å²) in [6.07, 6.45) is 3.16. The number of benzene rings is 1. The Labute approximate surface area is 128 Å². The van der Waals surface area contributed by atoms with E-state index in [9.17, 15) is 4.79 Å². The van der Waals surface area contributed by atoms with E-state index in [0.29, 0.717) is 16.4 Å². The molecule has 1 aromatic carbocycles. The van der Waals surface area contributed by atoms with Crippen LogP contribution in [0.2, 0.25) is 5.02 Å². The number of hydrogen-bond acceptors (Lipinski definition) is 4. The molecule has 0 saturated carbocycles. The fraction of sp³-hybridized carbons (Fsp3) is 0.0714. The topological polar surface area (TPSA) is 60.4 Å². The Bertz CT molecular complexity index is 877. The summed E-state index contributed by atoms with van der Waals surface area (Å²) in [4.78, 5) is 16.7. The molecule has 0 fully saturated rings. The van der Waals surface area contributed by atoms with E-state index in [4.69, 9.17) is 16.1 Å². The van der Waals surface area contributed by atoms with Crippen LogP contribution in [0.3, 0.4) is 0 Å². The Morgan fingerprint density at radius 2 is 2.38 bits per heavy atom. The average molecular weight is 320 g/mol. The molecule has 3 rings (SSSR count). The summed E-state index contributed by atoms with van der Waals surface area (Å²) in [5, 5.41) is 4.15. The first-order chi connectivity index (χ1) is 10.2. The van der Waals surface area contributed by atoms with E-state index in [1.165, 1.54) is 23.6 Å². The average Bonchev–Trinajstić information content (AvgIpc) is 3.08.